The number of rotatable bonds is 7. The molecule has 0 saturated carbocycles. The molecule has 188 valence electrons. The lowest BCUT2D eigenvalue weighted by Crippen LogP contribution is -2.15. The maximum Gasteiger partial charge on any atom is 0.264 e. The van der Waals surface area contributed by atoms with Gasteiger partial charge in [0, 0.05) is 24.5 Å². The van der Waals surface area contributed by atoms with E-state index in [1.165, 1.54) is 18.3 Å². The number of hydrogen-bond donors (Lipinski definition) is 1. The highest BCUT2D eigenvalue weighted by Crippen LogP contribution is 2.32. The van der Waals surface area contributed by atoms with E-state index in [0.29, 0.717) is 34.8 Å². The van der Waals surface area contributed by atoms with Crippen LogP contribution in [0.4, 0.5) is 14.7 Å². The lowest BCUT2D eigenvalue weighted by molar-refractivity contribution is 0.402. The monoisotopic (exact) mass is 520 g/mol. The van der Waals surface area contributed by atoms with Crippen LogP contribution >= 0.6 is 0 Å². The van der Waals surface area contributed by atoms with Gasteiger partial charge in [-0.1, -0.05) is 0 Å². The van der Waals surface area contributed by atoms with Crippen LogP contribution in [0.5, 0.6) is 0 Å². The fourth-order valence-electron chi connectivity index (χ4n) is 3.94. The molecule has 37 heavy (non-hydrogen) atoms. The number of hydrogen-bond acceptors (Lipinski definition) is 6. The number of halogens is 2. The number of nitrogens with zero attached hydrogens (tertiary/aromatic N) is 5. The molecule has 1 N–H and O–H groups in total. The predicted octanol–water partition coefficient (Wildman–Crippen LogP) is 4.60. The summed E-state index contributed by atoms with van der Waals surface area (Å²) in [5.41, 5.74) is 3.91. The van der Waals surface area contributed by atoms with Crippen LogP contribution in [0.25, 0.3) is 28.3 Å². The average Bonchev–Trinajstić information content (AvgIpc) is 3.23. The highest BCUT2D eigenvalue weighted by atomic mass is 32.2. The highest BCUT2D eigenvalue weighted by Gasteiger charge is 2.20. The minimum absolute atomic E-state index is 0.127. The van der Waals surface area contributed by atoms with E-state index in [9.17, 15) is 17.2 Å². The van der Waals surface area contributed by atoms with E-state index in [1.807, 2.05) is 41.7 Å². The van der Waals surface area contributed by atoms with Gasteiger partial charge in [-0.2, -0.15) is 0 Å². The minimum Gasteiger partial charge on any atom is -0.305 e. The lowest BCUT2D eigenvalue weighted by atomic mass is 10.1. The highest BCUT2D eigenvalue weighted by molar-refractivity contribution is 7.92. The van der Waals surface area contributed by atoms with E-state index < -0.39 is 15.8 Å². The van der Waals surface area contributed by atoms with Gasteiger partial charge in [0.15, 0.2) is 0 Å². The molecule has 2 aromatic carbocycles. The summed E-state index contributed by atoms with van der Waals surface area (Å²) in [5.74, 6) is -1.08. The average molecular weight is 521 g/mol. The first kappa shape index (κ1) is 24.5. The molecule has 0 spiro atoms. The van der Waals surface area contributed by atoms with Crippen molar-refractivity contribution < 1.29 is 17.2 Å². The molecule has 0 radical (unpaired) electrons. The molecule has 8 nitrogen and oxygen atoms in total. The van der Waals surface area contributed by atoms with Gasteiger partial charge in [0.25, 0.3) is 10.0 Å². The van der Waals surface area contributed by atoms with Crippen LogP contribution in [0.3, 0.4) is 0 Å². The Bertz CT molecular complexity index is 1690. The van der Waals surface area contributed by atoms with Crippen LogP contribution in [0.15, 0.2) is 84.0 Å². The van der Waals surface area contributed by atoms with Gasteiger partial charge < -0.3 is 4.90 Å². The maximum atomic E-state index is 13.6. The minimum atomic E-state index is -4.05. The fourth-order valence-corrected chi connectivity index (χ4v) is 4.89. The first-order valence-corrected chi connectivity index (χ1v) is 12.7. The molecule has 0 aliphatic carbocycles. The van der Waals surface area contributed by atoms with Crippen molar-refractivity contribution in [2.45, 2.75) is 11.4 Å². The Morgan fingerprint density at radius 3 is 2.27 bits per heavy atom. The van der Waals surface area contributed by atoms with Crippen molar-refractivity contribution in [1.29, 1.82) is 0 Å². The second-order valence-electron chi connectivity index (χ2n) is 8.64. The van der Waals surface area contributed by atoms with Crippen molar-refractivity contribution >= 4 is 21.6 Å². The summed E-state index contributed by atoms with van der Waals surface area (Å²) in [6, 6.07) is 15.9. The van der Waals surface area contributed by atoms with Crippen molar-refractivity contribution in [3.8, 4) is 22.6 Å². The van der Waals surface area contributed by atoms with E-state index in [0.717, 1.165) is 29.8 Å². The van der Waals surface area contributed by atoms with Crippen LogP contribution < -0.4 is 4.72 Å². The van der Waals surface area contributed by atoms with Gasteiger partial charge in [-0.25, -0.2) is 36.9 Å². The normalized spacial score (nSPS) is 11.8. The third-order valence-electron chi connectivity index (χ3n) is 5.55. The predicted molar refractivity (Wildman–Crippen MR) is 136 cm³/mol. The van der Waals surface area contributed by atoms with Crippen LogP contribution in [0.1, 0.15) is 5.56 Å². The quantitative estimate of drug-likeness (QED) is 0.337. The Morgan fingerprint density at radius 2 is 1.59 bits per heavy atom. The molecule has 0 fully saturated rings. The van der Waals surface area contributed by atoms with E-state index in [-0.39, 0.29) is 16.7 Å². The summed E-state index contributed by atoms with van der Waals surface area (Å²) in [7, 11) is -0.107. The summed E-state index contributed by atoms with van der Waals surface area (Å²) in [6.07, 6.45) is 3.30. The molecule has 0 amide bonds. The van der Waals surface area contributed by atoms with Crippen molar-refractivity contribution in [3.63, 3.8) is 0 Å². The molecule has 5 rings (SSSR count). The number of imidazole rings is 1. The first-order valence-electron chi connectivity index (χ1n) is 11.2. The molecule has 0 aliphatic rings. The zero-order valence-electron chi connectivity index (χ0n) is 19.9. The van der Waals surface area contributed by atoms with Crippen molar-refractivity contribution in [2.75, 3.05) is 18.8 Å². The molecule has 0 bridgehead atoms. The third-order valence-corrected chi connectivity index (χ3v) is 6.90. The van der Waals surface area contributed by atoms with Crippen LogP contribution in [0.2, 0.25) is 0 Å². The van der Waals surface area contributed by atoms with Crippen molar-refractivity contribution in [1.82, 2.24) is 24.3 Å². The Labute approximate surface area is 212 Å². The second-order valence-corrected chi connectivity index (χ2v) is 10.3. The zero-order valence-corrected chi connectivity index (χ0v) is 20.7. The molecule has 0 atom stereocenters. The molecule has 0 unspecified atom stereocenters. The fraction of sp³-hybridized carbons (Fsp3) is 0.115. The lowest BCUT2D eigenvalue weighted by Gasteiger charge is -2.11. The second kappa shape index (κ2) is 9.68. The number of aromatic nitrogens is 4. The SMILES string of the molecule is CN(C)Cc1ccn2c(-c3ccnc(NS(=O)(=O)c4ccc(F)cc4)n3)c(-c3ccc(F)cc3)nc2c1. The zero-order chi connectivity index (χ0) is 26.2. The molecule has 3 heterocycles. The summed E-state index contributed by atoms with van der Waals surface area (Å²) in [6.45, 7) is 0.716. The van der Waals surface area contributed by atoms with E-state index >= 15 is 0 Å². The number of benzene rings is 2. The Hall–Kier alpha value is -4.22. The molecular weight excluding hydrogens is 498 g/mol. The third kappa shape index (κ3) is 5.18. The van der Waals surface area contributed by atoms with Gasteiger partial charge in [-0.15, -0.1) is 0 Å². The molecule has 11 heteroatoms. The largest absolute Gasteiger partial charge is 0.305 e. The van der Waals surface area contributed by atoms with Crippen LogP contribution in [-0.4, -0.2) is 46.8 Å². The van der Waals surface area contributed by atoms with E-state index in [4.69, 9.17) is 4.98 Å². The summed E-state index contributed by atoms with van der Waals surface area (Å²) in [5, 5.41) is 0. The number of nitrogens with one attached hydrogen (secondary N) is 1. The summed E-state index contributed by atoms with van der Waals surface area (Å²) in [4.78, 5) is 15.2. The van der Waals surface area contributed by atoms with E-state index in [2.05, 4.69) is 14.7 Å². The molecular formula is C26H22F2N6O2S. The van der Waals surface area contributed by atoms with Gasteiger partial charge in [0.1, 0.15) is 17.3 Å². The van der Waals surface area contributed by atoms with Gasteiger partial charge in [-0.05, 0) is 86.4 Å². The summed E-state index contributed by atoms with van der Waals surface area (Å²) < 4.78 is 56.7. The van der Waals surface area contributed by atoms with E-state index in [1.54, 1.807) is 18.2 Å². The Kier molecular flexibility index (Phi) is 6.40. The summed E-state index contributed by atoms with van der Waals surface area (Å²) >= 11 is 0. The van der Waals surface area contributed by atoms with Crippen molar-refractivity contribution in [3.05, 3.63) is 96.3 Å². The Balaban J connectivity index is 1.61. The number of anilines is 1. The Morgan fingerprint density at radius 1 is 0.919 bits per heavy atom. The van der Waals surface area contributed by atoms with Gasteiger partial charge in [0.2, 0.25) is 5.95 Å². The molecule has 0 aliphatic heterocycles. The van der Waals surface area contributed by atoms with Gasteiger partial charge >= 0.3 is 0 Å². The van der Waals surface area contributed by atoms with Crippen LogP contribution in [0, 0.1) is 11.6 Å². The number of sulfonamides is 1. The van der Waals surface area contributed by atoms with Gasteiger partial charge in [-0.3, -0.25) is 4.40 Å². The van der Waals surface area contributed by atoms with Crippen molar-refractivity contribution in [2.24, 2.45) is 0 Å². The molecule has 3 aromatic heterocycles. The standard InChI is InChI=1S/C26H22F2N6O2S/c1-33(2)16-17-12-14-34-23(15-17)31-24(18-3-5-19(27)6-4-18)25(34)22-11-13-29-26(30-22)32-37(35,36)21-9-7-20(28)8-10-21/h3-15H,16H2,1-2H3,(H,29,30,32). The molecule has 0 saturated heterocycles. The molecule has 5 aromatic rings. The smallest absolute Gasteiger partial charge is 0.264 e. The van der Waals surface area contributed by atoms with Crippen LogP contribution in [-0.2, 0) is 16.6 Å². The number of fused-ring (bicyclic) bond motifs is 1. The topological polar surface area (TPSA) is 92.5 Å². The first-order chi connectivity index (χ1) is 17.7. The maximum absolute atomic E-state index is 13.6. The van der Waals surface area contributed by atoms with Gasteiger partial charge in [0.05, 0.1) is 22.0 Å². The number of pyridine rings is 1.